The molecule has 2 unspecified atom stereocenters. The highest BCUT2D eigenvalue weighted by molar-refractivity contribution is 5.13. The van der Waals surface area contributed by atoms with E-state index in [1.807, 2.05) is 0 Å². The minimum atomic E-state index is -0.609. The summed E-state index contributed by atoms with van der Waals surface area (Å²) in [5.74, 6) is 0.730. The molecule has 2 atom stereocenters. The van der Waals surface area contributed by atoms with Crippen molar-refractivity contribution in [3.05, 3.63) is 12.7 Å². The minimum absolute atomic E-state index is 0.0235. The monoisotopic (exact) mass is 480 g/mol. The summed E-state index contributed by atoms with van der Waals surface area (Å²) in [5, 5.41) is 11.6. The lowest BCUT2D eigenvalue weighted by Gasteiger charge is -2.60. The molecule has 0 heterocycles. The number of allylic oxidation sites excluding steroid dienone is 1. The molecule has 2 heteroatoms. The maximum Gasteiger partial charge on any atom is 0.0648 e. The molecular weight excluding hydrogens is 414 g/mol. The van der Waals surface area contributed by atoms with Gasteiger partial charge < -0.3 is 10.8 Å². The molecule has 0 aliphatic rings. The first-order valence-corrected chi connectivity index (χ1v) is 15.1. The topological polar surface area (TPSA) is 46.2 Å². The van der Waals surface area contributed by atoms with Gasteiger partial charge in [0.05, 0.1) is 5.60 Å². The summed E-state index contributed by atoms with van der Waals surface area (Å²) < 4.78 is 0. The largest absolute Gasteiger partial charge is 0.390 e. The van der Waals surface area contributed by atoms with Crippen molar-refractivity contribution < 1.29 is 5.11 Å². The van der Waals surface area contributed by atoms with Crippen LogP contribution in [0.15, 0.2) is 12.7 Å². The summed E-state index contributed by atoms with van der Waals surface area (Å²) in [6.45, 7) is 28.5. The predicted molar refractivity (Wildman–Crippen MR) is 154 cm³/mol. The van der Waals surface area contributed by atoms with Crippen LogP contribution in [0.25, 0.3) is 0 Å². The van der Waals surface area contributed by atoms with E-state index in [4.69, 9.17) is 5.73 Å². The summed E-state index contributed by atoms with van der Waals surface area (Å²) >= 11 is 0. The highest BCUT2D eigenvalue weighted by Crippen LogP contribution is 2.64. The molecule has 3 N–H and O–H groups in total. The van der Waals surface area contributed by atoms with E-state index in [2.05, 4.69) is 81.9 Å². The Labute approximate surface area is 215 Å². The van der Waals surface area contributed by atoms with Crippen LogP contribution in [-0.2, 0) is 0 Å². The zero-order valence-corrected chi connectivity index (χ0v) is 25.3. The molecule has 0 aliphatic heterocycles. The molecule has 0 radical (unpaired) electrons. The fraction of sp³-hybridized carbons (Fsp3) is 0.938. The van der Waals surface area contributed by atoms with Crippen LogP contribution in [0.3, 0.4) is 0 Å². The van der Waals surface area contributed by atoms with Gasteiger partial charge in [-0.1, -0.05) is 88.2 Å². The first-order chi connectivity index (χ1) is 16.0. The molecule has 2 nitrogen and oxygen atoms in total. The van der Waals surface area contributed by atoms with Crippen molar-refractivity contribution in [1.82, 2.24) is 0 Å². The van der Waals surface area contributed by atoms with Crippen molar-refractivity contribution >= 4 is 0 Å². The van der Waals surface area contributed by atoms with Crippen molar-refractivity contribution in [3.8, 4) is 0 Å². The van der Waals surface area contributed by atoms with Gasteiger partial charge in [-0.25, -0.2) is 0 Å². The molecule has 0 spiro atoms. The summed E-state index contributed by atoms with van der Waals surface area (Å²) in [5.41, 5.74) is 6.46. The normalized spacial score (nSPS) is 17.0. The molecular formula is C32H65NO. The second-order valence-electron chi connectivity index (χ2n) is 11.7. The zero-order valence-electron chi connectivity index (χ0n) is 25.3. The highest BCUT2D eigenvalue weighted by atomic mass is 16.3. The minimum Gasteiger partial charge on any atom is -0.390 e. The van der Waals surface area contributed by atoms with Crippen LogP contribution in [0.1, 0.15) is 153 Å². The van der Waals surface area contributed by atoms with Gasteiger partial charge in [0.25, 0.3) is 0 Å². The molecule has 0 amide bonds. The van der Waals surface area contributed by atoms with Gasteiger partial charge in [0.15, 0.2) is 0 Å². The van der Waals surface area contributed by atoms with Crippen LogP contribution in [0, 0.1) is 27.6 Å². The van der Waals surface area contributed by atoms with Gasteiger partial charge in [-0.15, -0.1) is 6.58 Å². The summed E-state index contributed by atoms with van der Waals surface area (Å²) in [6, 6.07) is 0. The maximum atomic E-state index is 11.6. The lowest BCUT2D eigenvalue weighted by molar-refractivity contribution is -0.103. The SMILES string of the molecule is C=CC(CC)(CC(CC)(CC)C(CC)(CN)CC(CC)CC)C(CC)(CC)CC(O)(CC)CC. The van der Waals surface area contributed by atoms with Gasteiger partial charge >= 0.3 is 0 Å². The highest BCUT2D eigenvalue weighted by Gasteiger charge is 2.56. The molecule has 204 valence electrons. The predicted octanol–water partition coefficient (Wildman–Crippen LogP) is 9.69. The standard InChI is InChI=1S/C32H65NO/c1-12-27(13-2)23-31(20-9,26-33)29(16-5,17-6)24-28(14-3,15-4)30(18-7,19-8)25-32(34,21-10)22-11/h14,27,34H,3,12-13,15-26,33H2,1-2,4-11H3. The Hall–Kier alpha value is -0.340. The van der Waals surface area contributed by atoms with E-state index in [9.17, 15) is 5.11 Å². The first-order valence-electron chi connectivity index (χ1n) is 15.1. The van der Waals surface area contributed by atoms with Crippen molar-refractivity contribution in [3.63, 3.8) is 0 Å². The van der Waals surface area contributed by atoms with Crippen molar-refractivity contribution in [2.24, 2.45) is 33.3 Å². The smallest absolute Gasteiger partial charge is 0.0648 e. The molecule has 0 fully saturated rings. The van der Waals surface area contributed by atoms with E-state index in [-0.39, 0.29) is 21.7 Å². The van der Waals surface area contributed by atoms with Gasteiger partial charge in [0.2, 0.25) is 0 Å². The third kappa shape index (κ3) is 6.31. The lowest BCUT2D eigenvalue weighted by atomic mass is 9.45. The van der Waals surface area contributed by atoms with E-state index in [0.717, 1.165) is 76.7 Å². The van der Waals surface area contributed by atoms with Crippen LogP contribution in [0.5, 0.6) is 0 Å². The van der Waals surface area contributed by atoms with E-state index in [0.29, 0.717) is 0 Å². The van der Waals surface area contributed by atoms with Crippen LogP contribution in [-0.4, -0.2) is 17.3 Å². The van der Waals surface area contributed by atoms with Gasteiger partial charge in [-0.3, -0.25) is 0 Å². The first kappa shape index (κ1) is 33.7. The van der Waals surface area contributed by atoms with Crippen molar-refractivity contribution in [1.29, 1.82) is 0 Å². The van der Waals surface area contributed by atoms with Crippen LogP contribution < -0.4 is 5.73 Å². The molecule has 0 aromatic rings. The Bertz CT molecular complexity index is 547. The number of hydrogen-bond donors (Lipinski definition) is 2. The second kappa shape index (κ2) is 14.4. The van der Waals surface area contributed by atoms with Crippen LogP contribution in [0.4, 0.5) is 0 Å². The third-order valence-corrected chi connectivity index (χ3v) is 11.4. The Balaban J connectivity index is 6.99. The number of nitrogens with two attached hydrogens (primary N) is 1. The summed E-state index contributed by atoms with van der Waals surface area (Å²) in [6.07, 6.45) is 16.3. The van der Waals surface area contributed by atoms with Gasteiger partial charge in [-0.05, 0) is 105 Å². The molecule has 0 saturated carbocycles. The fourth-order valence-electron chi connectivity index (χ4n) is 7.98. The molecule has 0 saturated heterocycles. The van der Waals surface area contributed by atoms with Crippen molar-refractivity contribution in [2.45, 2.75) is 158 Å². The second-order valence-corrected chi connectivity index (χ2v) is 11.7. The average Bonchev–Trinajstić information content (AvgIpc) is 2.90. The average molecular weight is 480 g/mol. The fourth-order valence-corrected chi connectivity index (χ4v) is 7.98. The molecule has 0 bridgehead atoms. The number of rotatable bonds is 20. The van der Waals surface area contributed by atoms with Crippen LogP contribution in [0.2, 0.25) is 0 Å². The van der Waals surface area contributed by atoms with E-state index >= 15 is 0 Å². The van der Waals surface area contributed by atoms with Gasteiger partial charge in [0, 0.05) is 0 Å². The molecule has 0 aliphatic carbocycles. The van der Waals surface area contributed by atoms with Gasteiger partial charge in [0.1, 0.15) is 0 Å². The van der Waals surface area contributed by atoms with Gasteiger partial charge in [-0.2, -0.15) is 0 Å². The molecule has 0 rings (SSSR count). The summed E-state index contributed by atoms with van der Waals surface area (Å²) in [7, 11) is 0. The molecule has 34 heavy (non-hydrogen) atoms. The van der Waals surface area contributed by atoms with E-state index in [1.54, 1.807) is 0 Å². The number of aliphatic hydroxyl groups is 1. The van der Waals surface area contributed by atoms with E-state index < -0.39 is 5.60 Å². The Morgan fingerprint density at radius 3 is 1.35 bits per heavy atom. The Morgan fingerprint density at radius 2 is 1.09 bits per heavy atom. The van der Waals surface area contributed by atoms with Crippen molar-refractivity contribution in [2.75, 3.05) is 6.54 Å². The maximum absolute atomic E-state index is 11.6. The summed E-state index contributed by atoms with van der Waals surface area (Å²) in [4.78, 5) is 0. The molecule has 0 aromatic carbocycles. The quantitative estimate of drug-likeness (QED) is 0.171. The molecule has 0 aromatic heterocycles. The Kier molecular flexibility index (Phi) is 14.3. The van der Waals surface area contributed by atoms with E-state index in [1.165, 1.54) is 19.3 Å². The Morgan fingerprint density at radius 1 is 0.647 bits per heavy atom. The number of hydrogen-bond acceptors (Lipinski definition) is 2. The third-order valence-electron chi connectivity index (χ3n) is 11.4. The van der Waals surface area contributed by atoms with Crippen LogP contribution >= 0.6 is 0 Å². The zero-order chi connectivity index (χ0) is 26.7. The lowest BCUT2D eigenvalue weighted by Crippen LogP contribution is -2.54.